The van der Waals surface area contributed by atoms with Crippen LogP contribution in [0.15, 0.2) is 105 Å². The molecule has 11 heteroatoms. The summed E-state index contributed by atoms with van der Waals surface area (Å²) in [5.74, 6) is 0.458. The monoisotopic (exact) mass is 618 g/mol. The van der Waals surface area contributed by atoms with E-state index in [2.05, 4.69) is 15.5 Å². The van der Waals surface area contributed by atoms with Crippen molar-refractivity contribution in [3.05, 3.63) is 123 Å². The van der Waals surface area contributed by atoms with Crippen molar-refractivity contribution in [3.8, 4) is 5.75 Å². The van der Waals surface area contributed by atoms with E-state index in [-0.39, 0.29) is 25.0 Å². The van der Waals surface area contributed by atoms with Crippen molar-refractivity contribution in [2.75, 3.05) is 11.9 Å². The number of anilines is 1. The molecule has 3 aromatic carbocycles. The largest absolute Gasteiger partial charge is 0.483 e. The molecule has 2 heterocycles. The Morgan fingerprint density at radius 3 is 2.60 bits per heavy atom. The zero-order chi connectivity index (χ0) is 29.5. The fraction of sp³-hybridized carbons (Fsp3) is 0.0968. The molecule has 2 amide bonds. The minimum atomic E-state index is -0.302. The molecule has 1 N–H and O–H groups in total. The molecular weight excluding hydrogens is 595 g/mol. The zero-order valence-electron chi connectivity index (χ0n) is 22.3. The van der Waals surface area contributed by atoms with Crippen molar-refractivity contribution in [1.82, 2.24) is 4.90 Å². The molecule has 212 valence electrons. The van der Waals surface area contributed by atoms with Crippen molar-refractivity contribution in [3.63, 3.8) is 0 Å². The number of furan rings is 1. The Morgan fingerprint density at radius 2 is 1.81 bits per heavy atom. The second-order valence-electron chi connectivity index (χ2n) is 9.09. The van der Waals surface area contributed by atoms with E-state index in [1.54, 1.807) is 60.9 Å². The van der Waals surface area contributed by atoms with Gasteiger partial charge in [0, 0.05) is 16.8 Å². The number of thioether (sulfide) groups is 1. The normalized spacial score (nSPS) is 15.2. The van der Waals surface area contributed by atoms with Gasteiger partial charge in [0.2, 0.25) is 0 Å². The quantitative estimate of drug-likeness (QED) is 0.120. The topological polar surface area (TPSA) is 96.5 Å². The lowest BCUT2D eigenvalue weighted by Gasteiger charge is -2.12. The van der Waals surface area contributed by atoms with Gasteiger partial charge in [0.1, 0.15) is 11.5 Å². The van der Waals surface area contributed by atoms with Crippen molar-refractivity contribution in [2.24, 2.45) is 10.2 Å². The molecule has 0 spiro atoms. The van der Waals surface area contributed by atoms with Crippen molar-refractivity contribution in [2.45, 2.75) is 13.5 Å². The van der Waals surface area contributed by atoms with E-state index >= 15 is 0 Å². The van der Waals surface area contributed by atoms with Gasteiger partial charge < -0.3 is 14.5 Å². The summed E-state index contributed by atoms with van der Waals surface area (Å²) in [6, 6.07) is 23.4. The van der Waals surface area contributed by atoms with Crippen LogP contribution in [0, 0.1) is 6.92 Å². The fourth-order valence-electron chi connectivity index (χ4n) is 3.89. The van der Waals surface area contributed by atoms with E-state index in [9.17, 15) is 9.59 Å². The molecule has 0 aliphatic carbocycles. The lowest BCUT2D eigenvalue weighted by Crippen LogP contribution is -2.28. The van der Waals surface area contributed by atoms with Crippen molar-refractivity contribution >= 4 is 69.9 Å². The molecule has 1 fully saturated rings. The van der Waals surface area contributed by atoms with Gasteiger partial charge >= 0.3 is 0 Å². The maximum absolute atomic E-state index is 13.5. The number of rotatable bonds is 9. The number of amidine groups is 1. The maximum Gasteiger partial charge on any atom is 0.267 e. The summed E-state index contributed by atoms with van der Waals surface area (Å²) in [5.41, 5.74) is 3.00. The number of para-hydroxylation sites is 1. The summed E-state index contributed by atoms with van der Waals surface area (Å²) in [7, 11) is 0. The second-order valence-corrected chi connectivity index (χ2v) is 10.9. The Bertz CT molecular complexity index is 1690. The van der Waals surface area contributed by atoms with E-state index in [1.807, 2.05) is 37.3 Å². The number of ether oxygens (including phenoxy) is 1. The van der Waals surface area contributed by atoms with Crippen LogP contribution in [-0.2, 0) is 16.1 Å². The van der Waals surface area contributed by atoms with Crippen LogP contribution < -0.4 is 10.1 Å². The third-order valence-electron chi connectivity index (χ3n) is 6.00. The number of hydrogen-bond donors (Lipinski definition) is 1. The Kier molecular flexibility index (Phi) is 9.43. The second kappa shape index (κ2) is 13.6. The SMILES string of the molecule is Cc1ccc(NC(=O)COc2ccccc2/C=C2\S/C(=N/N=C\c3cccc(Cl)c3Cl)N(Cc3ccco3)C2=O)cc1. The lowest BCUT2D eigenvalue weighted by molar-refractivity contribution is -0.122. The summed E-state index contributed by atoms with van der Waals surface area (Å²) >= 11 is 13.5. The standard InChI is InChI=1S/C31H24Cl2N4O4S/c1-20-11-13-23(14-12-20)35-28(38)19-41-26-10-3-2-6-21(26)16-27-30(39)37(18-24-8-5-15-40-24)31(42-27)36-34-17-22-7-4-9-25(32)29(22)33/h2-17H,18-19H2,1H3,(H,35,38)/b27-16-,34-17-,36-31+. The first-order valence-corrected chi connectivity index (χ1v) is 14.3. The molecule has 1 aliphatic heterocycles. The van der Waals surface area contributed by atoms with Crippen LogP contribution in [0.4, 0.5) is 5.69 Å². The van der Waals surface area contributed by atoms with Crippen molar-refractivity contribution < 1.29 is 18.7 Å². The van der Waals surface area contributed by atoms with Crippen LogP contribution >= 0.6 is 35.0 Å². The first-order chi connectivity index (χ1) is 20.4. The van der Waals surface area contributed by atoms with Gasteiger partial charge in [0.25, 0.3) is 11.8 Å². The zero-order valence-corrected chi connectivity index (χ0v) is 24.6. The number of amides is 2. The Balaban J connectivity index is 1.35. The molecular formula is C31H24Cl2N4O4S. The van der Waals surface area contributed by atoms with E-state index in [0.29, 0.717) is 48.4 Å². The summed E-state index contributed by atoms with van der Waals surface area (Å²) in [4.78, 5) is 27.9. The highest BCUT2D eigenvalue weighted by atomic mass is 35.5. The van der Waals surface area contributed by atoms with Gasteiger partial charge in [0.05, 0.1) is 34.0 Å². The molecule has 0 atom stereocenters. The average molecular weight is 620 g/mol. The number of nitrogens with zero attached hydrogens (tertiary/aromatic N) is 3. The number of benzene rings is 3. The van der Waals surface area contributed by atoms with Crippen molar-refractivity contribution in [1.29, 1.82) is 0 Å². The van der Waals surface area contributed by atoms with Gasteiger partial charge in [-0.2, -0.15) is 5.10 Å². The molecule has 8 nitrogen and oxygen atoms in total. The first-order valence-electron chi connectivity index (χ1n) is 12.7. The minimum Gasteiger partial charge on any atom is -0.483 e. The number of carbonyl (C=O) groups is 2. The van der Waals surface area contributed by atoms with Crippen LogP contribution in [-0.4, -0.2) is 34.7 Å². The van der Waals surface area contributed by atoms with Gasteiger partial charge in [-0.05, 0) is 61.2 Å². The lowest BCUT2D eigenvalue weighted by atomic mass is 10.2. The van der Waals surface area contributed by atoms with E-state index in [1.165, 1.54) is 11.1 Å². The van der Waals surface area contributed by atoms with Crippen LogP contribution in [0.25, 0.3) is 6.08 Å². The van der Waals surface area contributed by atoms with Crippen LogP contribution in [0.2, 0.25) is 10.0 Å². The highest BCUT2D eigenvalue weighted by molar-refractivity contribution is 8.18. The number of carbonyl (C=O) groups excluding carboxylic acids is 2. The summed E-state index contributed by atoms with van der Waals surface area (Å²) in [5, 5.41) is 12.4. The Morgan fingerprint density at radius 1 is 1.02 bits per heavy atom. The number of nitrogens with one attached hydrogen (secondary N) is 1. The molecule has 5 rings (SSSR count). The van der Waals surface area contributed by atoms with Gasteiger partial charge in [-0.3, -0.25) is 14.5 Å². The molecule has 1 aliphatic rings. The van der Waals surface area contributed by atoms with Gasteiger partial charge in [-0.1, -0.05) is 71.2 Å². The third kappa shape index (κ3) is 7.30. The fourth-order valence-corrected chi connectivity index (χ4v) is 5.17. The molecule has 1 saturated heterocycles. The summed E-state index contributed by atoms with van der Waals surface area (Å²) < 4.78 is 11.3. The van der Waals surface area contributed by atoms with Gasteiger partial charge in [-0.25, -0.2) is 0 Å². The molecule has 0 radical (unpaired) electrons. The molecule has 0 unspecified atom stereocenters. The maximum atomic E-state index is 13.5. The Hall–Kier alpha value is -4.31. The molecule has 1 aromatic heterocycles. The van der Waals surface area contributed by atoms with Crippen LogP contribution in [0.5, 0.6) is 5.75 Å². The van der Waals surface area contributed by atoms with Crippen LogP contribution in [0.3, 0.4) is 0 Å². The number of hydrogen-bond acceptors (Lipinski definition) is 7. The predicted molar refractivity (Wildman–Crippen MR) is 168 cm³/mol. The van der Waals surface area contributed by atoms with Gasteiger partial charge in [0.15, 0.2) is 11.8 Å². The van der Waals surface area contributed by atoms with Gasteiger partial charge in [-0.15, -0.1) is 5.10 Å². The van der Waals surface area contributed by atoms with Crippen LogP contribution in [0.1, 0.15) is 22.5 Å². The summed E-state index contributed by atoms with van der Waals surface area (Å²) in [6.45, 7) is 1.94. The summed E-state index contributed by atoms with van der Waals surface area (Å²) in [6.07, 6.45) is 4.72. The number of halogens is 2. The number of aryl methyl sites for hydroxylation is 1. The highest BCUT2D eigenvalue weighted by Gasteiger charge is 2.34. The Labute approximate surface area is 256 Å². The predicted octanol–water partition coefficient (Wildman–Crippen LogP) is 7.42. The van der Waals surface area contributed by atoms with E-state index in [0.717, 1.165) is 17.3 Å². The van der Waals surface area contributed by atoms with E-state index < -0.39 is 0 Å². The molecule has 0 saturated carbocycles. The van der Waals surface area contributed by atoms with E-state index in [4.69, 9.17) is 32.4 Å². The third-order valence-corrected chi connectivity index (χ3v) is 7.83. The molecule has 0 bridgehead atoms. The minimum absolute atomic E-state index is 0.166. The average Bonchev–Trinajstić information content (AvgIpc) is 3.60. The molecule has 4 aromatic rings. The smallest absolute Gasteiger partial charge is 0.267 e. The highest BCUT2D eigenvalue weighted by Crippen LogP contribution is 2.35. The molecule has 42 heavy (non-hydrogen) atoms. The first kappa shape index (κ1) is 29.2.